The molecule has 2 atom stereocenters. The molecule has 0 radical (unpaired) electrons. The van der Waals surface area contributed by atoms with Gasteiger partial charge >= 0.3 is 0 Å². The van der Waals surface area contributed by atoms with Crippen LogP contribution in [0.4, 0.5) is 0 Å². The Balaban J connectivity index is 0. The van der Waals surface area contributed by atoms with E-state index in [0.717, 1.165) is 32.3 Å². The van der Waals surface area contributed by atoms with Crippen molar-refractivity contribution in [1.82, 2.24) is 0 Å². The van der Waals surface area contributed by atoms with Gasteiger partial charge in [0, 0.05) is 26.6 Å². The normalized spacial score (nSPS) is 23.0. The van der Waals surface area contributed by atoms with Crippen LogP contribution in [0.1, 0.15) is 60.3 Å². The van der Waals surface area contributed by atoms with Crippen molar-refractivity contribution >= 4 is 5.78 Å². The van der Waals surface area contributed by atoms with E-state index in [2.05, 4.69) is 6.92 Å². The summed E-state index contributed by atoms with van der Waals surface area (Å²) in [6.07, 6.45) is 3.80. The Labute approximate surface area is 102 Å². The van der Waals surface area contributed by atoms with Gasteiger partial charge < -0.3 is 4.74 Å². The van der Waals surface area contributed by atoms with E-state index in [4.69, 9.17) is 4.74 Å². The van der Waals surface area contributed by atoms with Crippen molar-refractivity contribution in [3.05, 3.63) is 0 Å². The molecule has 0 N–H and O–H groups in total. The first-order chi connectivity index (χ1) is 7.77. The van der Waals surface area contributed by atoms with Crippen LogP contribution in [0.5, 0.6) is 0 Å². The molecule has 0 unspecified atom stereocenters. The summed E-state index contributed by atoms with van der Waals surface area (Å²) in [6.45, 7) is 11.0. The van der Waals surface area contributed by atoms with Crippen LogP contribution >= 0.6 is 0 Å². The zero-order valence-electron chi connectivity index (χ0n) is 12.0. The van der Waals surface area contributed by atoms with E-state index in [1.54, 1.807) is 7.11 Å². The lowest BCUT2D eigenvalue weighted by Crippen LogP contribution is -2.09. The van der Waals surface area contributed by atoms with Crippen LogP contribution in [0.3, 0.4) is 0 Å². The Kier molecular flexibility index (Phi) is 14.3. The highest BCUT2D eigenvalue weighted by Crippen LogP contribution is 2.33. The van der Waals surface area contributed by atoms with Gasteiger partial charge in [0.25, 0.3) is 0 Å². The summed E-state index contributed by atoms with van der Waals surface area (Å²) < 4.78 is 5.02. The van der Waals surface area contributed by atoms with Crippen molar-refractivity contribution in [2.45, 2.75) is 60.3 Å². The SMILES string of the molecule is CC.CC.CC[C@@H]1CC(=O)C[C@@H]1CCOC. The van der Waals surface area contributed by atoms with E-state index < -0.39 is 0 Å². The van der Waals surface area contributed by atoms with Gasteiger partial charge in [0.05, 0.1) is 0 Å². The number of carbonyl (C=O) groups excluding carboxylic acids is 1. The van der Waals surface area contributed by atoms with Gasteiger partial charge in [-0.1, -0.05) is 41.0 Å². The number of carbonyl (C=O) groups is 1. The summed E-state index contributed by atoms with van der Waals surface area (Å²) in [5.74, 6) is 1.68. The molecule has 0 aromatic heterocycles. The Bertz CT molecular complexity index is 155. The van der Waals surface area contributed by atoms with E-state index >= 15 is 0 Å². The zero-order valence-corrected chi connectivity index (χ0v) is 12.0. The molecule has 1 aliphatic carbocycles. The molecule has 16 heavy (non-hydrogen) atoms. The van der Waals surface area contributed by atoms with Crippen LogP contribution in [-0.2, 0) is 9.53 Å². The summed E-state index contributed by atoms with van der Waals surface area (Å²) in [6, 6.07) is 0. The second kappa shape index (κ2) is 12.7. The molecule has 0 aromatic carbocycles. The minimum Gasteiger partial charge on any atom is -0.385 e. The van der Waals surface area contributed by atoms with E-state index in [-0.39, 0.29) is 0 Å². The Morgan fingerprint density at radius 1 is 1.12 bits per heavy atom. The molecule has 1 rings (SSSR count). The van der Waals surface area contributed by atoms with Crippen molar-refractivity contribution in [3.63, 3.8) is 0 Å². The van der Waals surface area contributed by atoms with Crippen LogP contribution in [0.2, 0.25) is 0 Å². The number of Topliss-reactive ketones (excluding diaryl/α,β-unsaturated/α-hetero) is 1. The van der Waals surface area contributed by atoms with E-state index in [1.165, 1.54) is 0 Å². The molecule has 0 amide bonds. The van der Waals surface area contributed by atoms with Crippen molar-refractivity contribution < 1.29 is 9.53 Å². The Hall–Kier alpha value is -0.370. The van der Waals surface area contributed by atoms with Crippen LogP contribution in [0.15, 0.2) is 0 Å². The highest BCUT2D eigenvalue weighted by atomic mass is 16.5. The second-order valence-electron chi connectivity index (χ2n) is 3.66. The number of hydrogen-bond donors (Lipinski definition) is 0. The quantitative estimate of drug-likeness (QED) is 0.727. The van der Waals surface area contributed by atoms with Gasteiger partial charge in [-0.25, -0.2) is 0 Å². The maximum Gasteiger partial charge on any atom is 0.133 e. The highest BCUT2D eigenvalue weighted by Gasteiger charge is 2.30. The molecular formula is C14H30O2. The van der Waals surface area contributed by atoms with E-state index in [9.17, 15) is 4.79 Å². The average molecular weight is 230 g/mol. The minimum absolute atomic E-state index is 0.447. The van der Waals surface area contributed by atoms with Gasteiger partial charge in [-0.05, 0) is 18.3 Å². The summed E-state index contributed by atoms with van der Waals surface area (Å²) in [5.41, 5.74) is 0. The van der Waals surface area contributed by atoms with E-state index in [0.29, 0.717) is 17.6 Å². The number of rotatable bonds is 4. The van der Waals surface area contributed by atoms with Crippen molar-refractivity contribution in [2.75, 3.05) is 13.7 Å². The fourth-order valence-electron chi connectivity index (χ4n) is 2.09. The van der Waals surface area contributed by atoms with Crippen LogP contribution in [0, 0.1) is 11.8 Å². The molecule has 1 fully saturated rings. The number of methoxy groups -OCH3 is 1. The summed E-state index contributed by atoms with van der Waals surface area (Å²) in [7, 11) is 1.72. The lowest BCUT2D eigenvalue weighted by atomic mass is 9.91. The molecule has 0 heterocycles. The Morgan fingerprint density at radius 2 is 1.62 bits per heavy atom. The molecule has 0 aliphatic heterocycles. The lowest BCUT2D eigenvalue weighted by Gasteiger charge is -2.15. The van der Waals surface area contributed by atoms with Crippen molar-refractivity contribution in [1.29, 1.82) is 0 Å². The standard InChI is InChI=1S/C10H18O2.2C2H6/c1-3-8-6-10(11)7-9(8)4-5-12-2;2*1-2/h8-9H,3-7H2,1-2H3;2*1-2H3/t8-,9+;;/m1../s1. The molecule has 0 spiro atoms. The number of ether oxygens (including phenoxy) is 1. The summed E-state index contributed by atoms with van der Waals surface area (Å²) in [4.78, 5) is 11.1. The third kappa shape index (κ3) is 7.00. The largest absolute Gasteiger partial charge is 0.385 e. The van der Waals surface area contributed by atoms with Gasteiger partial charge in [0.1, 0.15) is 5.78 Å². The fraction of sp³-hybridized carbons (Fsp3) is 0.929. The smallest absolute Gasteiger partial charge is 0.133 e. The molecule has 1 aliphatic rings. The molecule has 98 valence electrons. The summed E-state index contributed by atoms with van der Waals surface area (Å²) >= 11 is 0. The van der Waals surface area contributed by atoms with Crippen LogP contribution in [-0.4, -0.2) is 19.5 Å². The van der Waals surface area contributed by atoms with Crippen molar-refractivity contribution in [3.8, 4) is 0 Å². The zero-order chi connectivity index (χ0) is 13.0. The third-order valence-electron chi connectivity index (χ3n) is 2.86. The fourth-order valence-corrected chi connectivity index (χ4v) is 2.09. The maximum absolute atomic E-state index is 11.1. The average Bonchev–Trinajstić information content (AvgIpc) is 2.72. The molecular weight excluding hydrogens is 200 g/mol. The van der Waals surface area contributed by atoms with E-state index in [1.807, 2.05) is 27.7 Å². The molecule has 1 saturated carbocycles. The monoisotopic (exact) mass is 230 g/mol. The predicted molar refractivity (Wildman–Crippen MR) is 70.7 cm³/mol. The molecule has 0 bridgehead atoms. The highest BCUT2D eigenvalue weighted by molar-refractivity contribution is 5.81. The third-order valence-corrected chi connectivity index (χ3v) is 2.86. The first-order valence-electron chi connectivity index (χ1n) is 6.78. The first kappa shape index (κ1) is 18.0. The molecule has 0 saturated heterocycles. The van der Waals surface area contributed by atoms with Crippen LogP contribution in [0.25, 0.3) is 0 Å². The maximum atomic E-state index is 11.1. The van der Waals surface area contributed by atoms with Crippen molar-refractivity contribution in [2.24, 2.45) is 11.8 Å². The van der Waals surface area contributed by atoms with Gasteiger partial charge in [-0.15, -0.1) is 0 Å². The first-order valence-corrected chi connectivity index (χ1v) is 6.78. The molecule has 0 aromatic rings. The van der Waals surface area contributed by atoms with Gasteiger partial charge in [-0.2, -0.15) is 0 Å². The Morgan fingerprint density at radius 3 is 2.06 bits per heavy atom. The number of hydrogen-bond acceptors (Lipinski definition) is 2. The van der Waals surface area contributed by atoms with Gasteiger partial charge in [-0.3, -0.25) is 4.79 Å². The second-order valence-corrected chi connectivity index (χ2v) is 3.66. The molecule has 2 heteroatoms. The van der Waals surface area contributed by atoms with Crippen LogP contribution < -0.4 is 0 Å². The topological polar surface area (TPSA) is 26.3 Å². The number of ketones is 1. The van der Waals surface area contributed by atoms with Gasteiger partial charge in [0.2, 0.25) is 0 Å². The minimum atomic E-state index is 0.447. The summed E-state index contributed by atoms with van der Waals surface area (Å²) in [5, 5.41) is 0. The lowest BCUT2D eigenvalue weighted by molar-refractivity contribution is -0.117. The molecule has 2 nitrogen and oxygen atoms in total. The van der Waals surface area contributed by atoms with Gasteiger partial charge in [0.15, 0.2) is 0 Å². The predicted octanol–water partition coefficient (Wildman–Crippen LogP) is 4.08.